The molecule has 166 valence electrons. The van der Waals surface area contributed by atoms with E-state index < -0.39 is 12.2 Å². The molecule has 12 heteroatoms. The Morgan fingerprint density at radius 1 is 1.28 bits per heavy atom. The predicted molar refractivity (Wildman–Crippen MR) is 113 cm³/mol. The van der Waals surface area contributed by atoms with Crippen LogP contribution in [0.4, 0.5) is 27.4 Å². The second-order valence-electron chi connectivity index (χ2n) is 7.46. The Bertz CT molecular complexity index is 1210. The summed E-state index contributed by atoms with van der Waals surface area (Å²) in [7, 11) is 1.74. The molecule has 11 nitrogen and oxygen atoms in total. The molecule has 3 atom stereocenters. The smallest absolute Gasteiger partial charge is 0.185 e. The van der Waals surface area contributed by atoms with Gasteiger partial charge in [0.25, 0.3) is 0 Å². The Hall–Kier alpha value is -3.82. The number of nitriles is 1. The molecule has 3 aromatic rings. The normalized spacial score (nSPS) is 19.8. The Morgan fingerprint density at radius 2 is 2.12 bits per heavy atom. The van der Waals surface area contributed by atoms with Crippen LogP contribution in [0.2, 0.25) is 0 Å². The summed E-state index contributed by atoms with van der Waals surface area (Å²) < 4.78 is 26.8. The van der Waals surface area contributed by atoms with E-state index in [0.717, 1.165) is 0 Å². The van der Waals surface area contributed by atoms with E-state index in [9.17, 15) is 9.50 Å². The maximum absolute atomic E-state index is 14.1. The van der Waals surface area contributed by atoms with Crippen molar-refractivity contribution in [2.24, 2.45) is 5.92 Å². The average molecular weight is 440 g/mol. The summed E-state index contributed by atoms with van der Waals surface area (Å²) >= 11 is 0. The van der Waals surface area contributed by atoms with Gasteiger partial charge in [0.15, 0.2) is 23.5 Å². The molecule has 3 heterocycles. The fourth-order valence-electron chi connectivity index (χ4n) is 3.57. The van der Waals surface area contributed by atoms with Gasteiger partial charge in [-0.05, 0) is 6.42 Å². The van der Waals surface area contributed by atoms with Gasteiger partial charge >= 0.3 is 0 Å². The molecule has 5 rings (SSSR count). The Kier molecular flexibility index (Phi) is 5.04. The SMILES string of the molecule is CNc1cc(Nc2cc(F)cc3c2OCCO3)nc2c(NC(O)N[C@@H]3C[C@@H]3C#N)cnn12. The predicted octanol–water partition coefficient (Wildman–Crippen LogP) is 1.61. The highest BCUT2D eigenvalue weighted by molar-refractivity contribution is 5.75. The van der Waals surface area contributed by atoms with Gasteiger partial charge in [-0.2, -0.15) is 14.9 Å². The van der Waals surface area contributed by atoms with Crippen LogP contribution in [0, 0.1) is 23.1 Å². The van der Waals surface area contributed by atoms with E-state index >= 15 is 0 Å². The first-order chi connectivity index (χ1) is 15.6. The monoisotopic (exact) mass is 440 g/mol. The lowest BCUT2D eigenvalue weighted by molar-refractivity contribution is 0.162. The van der Waals surface area contributed by atoms with E-state index in [0.29, 0.717) is 59.8 Å². The second-order valence-corrected chi connectivity index (χ2v) is 7.46. The number of aliphatic hydroxyl groups excluding tert-OH is 1. The lowest BCUT2D eigenvalue weighted by Gasteiger charge is -2.21. The summed E-state index contributed by atoms with van der Waals surface area (Å²) in [5.41, 5.74) is 1.28. The van der Waals surface area contributed by atoms with Gasteiger partial charge in [0.1, 0.15) is 36.4 Å². The molecule has 1 fully saturated rings. The highest BCUT2D eigenvalue weighted by atomic mass is 19.1. The summed E-state index contributed by atoms with van der Waals surface area (Å²) in [5, 5.41) is 35.5. The number of aromatic nitrogens is 3. The zero-order valence-electron chi connectivity index (χ0n) is 17.1. The van der Waals surface area contributed by atoms with Crippen LogP contribution >= 0.6 is 0 Å². The molecule has 1 aliphatic heterocycles. The maximum atomic E-state index is 14.1. The van der Waals surface area contributed by atoms with Gasteiger partial charge in [-0.3, -0.25) is 5.32 Å². The summed E-state index contributed by atoms with van der Waals surface area (Å²) in [6, 6.07) is 6.40. The second kappa shape index (κ2) is 8.03. The van der Waals surface area contributed by atoms with Crippen LogP contribution in [-0.4, -0.2) is 52.4 Å². The molecular formula is C20H21FN8O3. The van der Waals surface area contributed by atoms with Crippen LogP contribution in [0.15, 0.2) is 24.4 Å². The number of nitrogens with one attached hydrogen (secondary N) is 4. The fourth-order valence-corrected chi connectivity index (χ4v) is 3.57. The minimum atomic E-state index is -1.08. The van der Waals surface area contributed by atoms with Crippen molar-refractivity contribution in [3.05, 3.63) is 30.2 Å². The standard InChI is InChI=1S/C20H21FN8O3/c1-23-17-7-16(25-13-5-11(21)6-15-18(13)32-3-2-31-15)28-19-14(9-24-29(17)19)27-20(30)26-12-4-10(12)8-22/h5-7,9-10,12,20,23,26-27,30H,2-4H2,1H3,(H,25,28)/t10-,12-,20?/m1/s1. The van der Waals surface area contributed by atoms with Crippen LogP contribution in [0.1, 0.15) is 6.42 Å². The van der Waals surface area contributed by atoms with Crippen molar-refractivity contribution in [3.8, 4) is 17.6 Å². The molecule has 0 spiro atoms. The fraction of sp³-hybridized carbons (Fsp3) is 0.350. The van der Waals surface area contributed by atoms with E-state index in [4.69, 9.17) is 14.7 Å². The molecule has 0 bridgehead atoms. The van der Waals surface area contributed by atoms with Crippen molar-refractivity contribution in [2.75, 3.05) is 36.2 Å². The summed E-state index contributed by atoms with van der Waals surface area (Å²) in [5.74, 6) is 1.19. The highest BCUT2D eigenvalue weighted by Gasteiger charge is 2.38. The van der Waals surface area contributed by atoms with Gasteiger partial charge in [0.05, 0.1) is 23.9 Å². The Balaban J connectivity index is 1.44. The van der Waals surface area contributed by atoms with Crippen molar-refractivity contribution in [3.63, 3.8) is 0 Å². The number of rotatable bonds is 7. The van der Waals surface area contributed by atoms with Gasteiger partial charge in [-0.15, -0.1) is 0 Å². The van der Waals surface area contributed by atoms with Crippen molar-refractivity contribution >= 4 is 28.7 Å². The Morgan fingerprint density at radius 3 is 2.91 bits per heavy atom. The first kappa shape index (κ1) is 20.1. The zero-order valence-corrected chi connectivity index (χ0v) is 17.1. The molecule has 1 aromatic carbocycles. The van der Waals surface area contributed by atoms with Crippen molar-refractivity contribution in [1.82, 2.24) is 19.9 Å². The summed E-state index contributed by atoms with van der Waals surface area (Å²) in [6.45, 7) is 0.706. The van der Waals surface area contributed by atoms with Crippen LogP contribution < -0.4 is 30.7 Å². The number of ether oxygens (including phenoxy) is 2. The molecule has 5 N–H and O–H groups in total. The molecule has 0 amide bonds. The van der Waals surface area contributed by atoms with E-state index in [1.807, 2.05) is 0 Å². The molecule has 2 aliphatic rings. The number of halogens is 1. The molecule has 32 heavy (non-hydrogen) atoms. The number of aliphatic hydroxyl groups is 1. The lowest BCUT2D eigenvalue weighted by atomic mass is 10.2. The largest absolute Gasteiger partial charge is 0.486 e. The van der Waals surface area contributed by atoms with Crippen LogP contribution in [0.3, 0.4) is 0 Å². The topological polar surface area (TPSA) is 141 Å². The van der Waals surface area contributed by atoms with Crippen LogP contribution in [-0.2, 0) is 0 Å². The minimum absolute atomic E-state index is 0.0521. The van der Waals surface area contributed by atoms with Gasteiger partial charge in [-0.25, -0.2) is 9.37 Å². The van der Waals surface area contributed by atoms with Gasteiger partial charge in [-0.1, -0.05) is 0 Å². The number of fused-ring (bicyclic) bond motifs is 2. The summed E-state index contributed by atoms with van der Waals surface area (Å²) in [6.07, 6.45) is 1.15. The third-order valence-corrected chi connectivity index (χ3v) is 5.22. The Labute approximate surface area is 182 Å². The molecule has 1 saturated carbocycles. The molecule has 1 unspecified atom stereocenters. The van der Waals surface area contributed by atoms with E-state index in [-0.39, 0.29) is 12.0 Å². The van der Waals surface area contributed by atoms with E-state index in [1.54, 1.807) is 17.6 Å². The van der Waals surface area contributed by atoms with Crippen LogP contribution in [0.5, 0.6) is 11.5 Å². The first-order valence-corrected chi connectivity index (χ1v) is 10.1. The number of hydrogen-bond acceptors (Lipinski definition) is 10. The third-order valence-electron chi connectivity index (χ3n) is 5.22. The lowest BCUT2D eigenvalue weighted by Crippen LogP contribution is -2.38. The van der Waals surface area contributed by atoms with Gasteiger partial charge in [0, 0.05) is 31.3 Å². The number of benzene rings is 1. The molecule has 0 saturated heterocycles. The van der Waals surface area contributed by atoms with E-state index in [2.05, 4.69) is 37.4 Å². The zero-order chi connectivity index (χ0) is 22.2. The van der Waals surface area contributed by atoms with Crippen molar-refractivity contribution in [2.45, 2.75) is 18.8 Å². The molecule has 0 radical (unpaired) electrons. The molecular weight excluding hydrogens is 419 g/mol. The molecule has 2 aromatic heterocycles. The third kappa shape index (κ3) is 3.79. The van der Waals surface area contributed by atoms with Gasteiger partial charge < -0.3 is 30.5 Å². The number of nitrogens with zero attached hydrogens (tertiary/aromatic N) is 4. The van der Waals surface area contributed by atoms with Crippen molar-refractivity contribution < 1.29 is 19.0 Å². The van der Waals surface area contributed by atoms with Crippen LogP contribution in [0.25, 0.3) is 5.65 Å². The van der Waals surface area contributed by atoms with Gasteiger partial charge in [0.2, 0.25) is 0 Å². The number of anilines is 4. The average Bonchev–Trinajstić information content (AvgIpc) is 3.42. The quantitative estimate of drug-likeness (QED) is 0.344. The minimum Gasteiger partial charge on any atom is -0.486 e. The molecule has 1 aliphatic carbocycles. The summed E-state index contributed by atoms with van der Waals surface area (Å²) in [4.78, 5) is 4.57. The maximum Gasteiger partial charge on any atom is 0.185 e. The number of hydrogen-bond donors (Lipinski definition) is 5. The van der Waals surface area contributed by atoms with Crippen molar-refractivity contribution in [1.29, 1.82) is 5.26 Å². The highest BCUT2D eigenvalue weighted by Crippen LogP contribution is 2.40. The first-order valence-electron chi connectivity index (χ1n) is 10.1. The van der Waals surface area contributed by atoms with E-state index in [1.165, 1.54) is 18.3 Å².